The van der Waals surface area contributed by atoms with Gasteiger partial charge in [0.2, 0.25) is 0 Å². The van der Waals surface area contributed by atoms with Crippen LogP contribution in [-0.4, -0.2) is 29.3 Å². The van der Waals surface area contributed by atoms with Crippen molar-refractivity contribution in [2.45, 2.75) is 19.5 Å². The normalized spacial score (nSPS) is 19.0. The van der Waals surface area contributed by atoms with Crippen LogP contribution >= 0.6 is 0 Å². The van der Waals surface area contributed by atoms with Crippen LogP contribution in [0.15, 0.2) is 90.3 Å². The molecule has 0 radical (unpaired) electrons. The number of anilines is 1. The lowest BCUT2D eigenvalue weighted by atomic mass is 10.1. The Kier molecular flexibility index (Phi) is 6.34. The van der Waals surface area contributed by atoms with Gasteiger partial charge < -0.3 is 15.6 Å². The Morgan fingerprint density at radius 2 is 2.00 bits per heavy atom. The molecule has 1 aliphatic heterocycles. The van der Waals surface area contributed by atoms with E-state index in [1.165, 1.54) is 16.5 Å². The number of nitrogens with one attached hydrogen (secondary N) is 1. The van der Waals surface area contributed by atoms with E-state index in [2.05, 4.69) is 82.1 Å². The Bertz CT molecular complexity index is 1170. The van der Waals surface area contributed by atoms with Crippen molar-refractivity contribution in [2.75, 3.05) is 18.9 Å². The van der Waals surface area contributed by atoms with Crippen LogP contribution in [0.2, 0.25) is 0 Å². The number of rotatable bonds is 0. The van der Waals surface area contributed by atoms with Crippen LogP contribution in [0.5, 0.6) is 0 Å². The van der Waals surface area contributed by atoms with Gasteiger partial charge in [0.25, 0.3) is 0 Å². The maximum atomic E-state index is 6.32. The molecule has 1 aliphatic rings. The van der Waals surface area contributed by atoms with Crippen molar-refractivity contribution >= 4 is 28.5 Å². The van der Waals surface area contributed by atoms with Crippen molar-refractivity contribution in [3.63, 3.8) is 0 Å². The molecule has 3 N–H and O–H groups in total. The minimum absolute atomic E-state index is 0.566. The largest absolute Gasteiger partial charge is 0.398 e. The molecule has 5 heteroatoms. The molecule has 0 unspecified atom stereocenters. The van der Waals surface area contributed by atoms with Crippen LogP contribution in [0, 0.1) is 0 Å². The van der Waals surface area contributed by atoms with E-state index >= 15 is 0 Å². The van der Waals surface area contributed by atoms with E-state index in [1.54, 1.807) is 6.21 Å². The summed E-state index contributed by atoms with van der Waals surface area (Å²) in [5.41, 5.74) is 11.4. The predicted molar refractivity (Wildman–Crippen MR) is 132 cm³/mol. The SMILES string of the molecule is C=C1N=C/C=C(\N)c2ccc3ccn(c3c2)CC/C=C\CN(C)Cc2cccc(c2)N1. The molecule has 3 aromatic rings. The Morgan fingerprint density at radius 3 is 2.90 bits per heavy atom. The van der Waals surface area contributed by atoms with Crippen molar-refractivity contribution in [1.29, 1.82) is 0 Å². The molecule has 0 atom stereocenters. The fourth-order valence-electron chi connectivity index (χ4n) is 3.77. The molecule has 31 heavy (non-hydrogen) atoms. The summed E-state index contributed by atoms with van der Waals surface area (Å²) in [5, 5.41) is 4.47. The molecule has 0 spiro atoms. The zero-order valence-electron chi connectivity index (χ0n) is 18.0. The molecule has 0 saturated heterocycles. The highest BCUT2D eigenvalue weighted by Gasteiger charge is 2.05. The molecular formula is C26H29N5. The lowest BCUT2D eigenvalue weighted by Crippen LogP contribution is -2.17. The lowest BCUT2D eigenvalue weighted by Gasteiger charge is -2.15. The van der Waals surface area contributed by atoms with Gasteiger partial charge in [0.05, 0.1) is 0 Å². The quantitative estimate of drug-likeness (QED) is 0.513. The van der Waals surface area contributed by atoms with Crippen molar-refractivity contribution in [2.24, 2.45) is 10.7 Å². The van der Waals surface area contributed by atoms with E-state index in [4.69, 9.17) is 5.73 Å². The molecule has 0 aliphatic carbocycles. The highest BCUT2D eigenvalue weighted by Crippen LogP contribution is 2.21. The van der Waals surface area contributed by atoms with Crippen molar-refractivity contribution < 1.29 is 0 Å². The first kappa shape index (κ1) is 20.7. The Morgan fingerprint density at radius 1 is 1.10 bits per heavy atom. The highest BCUT2D eigenvalue weighted by atomic mass is 15.1. The molecule has 2 aromatic carbocycles. The molecule has 0 saturated carbocycles. The molecule has 4 bridgehead atoms. The van der Waals surface area contributed by atoms with Crippen molar-refractivity contribution in [3.05, 3.63) is 96.5 Å². The van der Waals surface area contributed by atoms with Gasteiger partial charge in [0.1, 0.15) is 5.82 Å². The summed E-state index contributed by atoms with van der Waals surface area (Å²) in [5.74, 6) is 0.566. The summed E-state index contributed by atoms with van der Waals surface area (Å²) in [6.45, 7) is 6.72. The van der Waals surface area contributed by atoms with Gasteiger partial charge in [-0.2, -0.15) is 0 Å². The Hall–Kier alpha value is -3.57. The number of hydrogen-bond donors (Lipinski definition) is 2. The standard InChI is InChI=1S/C26H29N5/c1-20-28-13-11-25(27)23-10-9-22-12-16-31(26(22)18-23)15-5-3-4-14-30(2)19-21-7-6-8-24(17-21)29-20/h3-4,6-13,16-18,29H,1,5,14-15,19,27H2,2H3/b4-3-,25-11-,28-13?. The van der Waals surface area contributed by atoms with E-state index in [1.807, 2.05) is 24.3 Å². The molecule has 0 amide bonds. The van der Waals surface area contributed by atoms with Crippen LogP contribution < -0.4 is 11.1 Å². The van der Waals surface area contributed by atoms with Crippen LogP contribution in [0.3, 0.4) is 0 Å². The number of allylic oxidation sites excluding steroid dienone is 2. The van der Waals surface area contributed by atoms with Crippen LogP contribution in [0.1, 0.15) is 17.5 Å². The fourth-order valence-corrected chi connectivity index (χ4v) is 3.77. The summed E-state index contributed by atoms with van der Waals surface area (Å²) in [6, 6.07) is 16.8. The van der Waals surface area contributed by atoms with Crippen LogP contribution in [0.25, 0.3) is 16.6 Å². The van der Waals surface area contributed by atoms with E-state index in [0.29, 0.717) is 11.5 Å². The number of hydrogen-bond acceptors (Lipinski definition) is 4. The van der Waals surface area contributed by atoms with E-state index in [0.717, 1.165) is 37.3 Å². The third-order valence-electron chi connectivity index (χ3n) is 5.38. The summed E-state index contributed by atoms with van der Waals surface area (Å²) in [7, 11) is 2.14. The zero-order chi connectivity index (χ0) is 21.6. The summed E-state index contributed by atoms with van der Waals surface area (Å²) in [6.07, 6.45) is 11.1. The lowest BCUT2D eigenvalue weighted by molar-refractivity contribution is 0.363. The second-order valence-electron chi connectivity index (χ2n) is 7.91. The molecular weight excluding hydrogens is 382 g/mol. The summed E-state index contributed by atoms with van der Waals surface area (Å²) < 4.78 is 2.28. The molecule has 1 aromatic heterocycles. The average molecular weight is 412 g/mol. The van der Waals surface area contributed by atoms with Gasteiger partial charge >= 0.3 is 0 Å². The smallest absolute Gasteiger partial charge is 0.122 e. The number of aromatic nitrogens is 1. The summed E-state index contributed by atoms with van der Waals surface area (Å²) >= 11 is 0. The number of fused-ring (bicyclic) bond motifs is 3. The highest BCUT2D eigenvalue weighted by molar-refractivity contribution is 5.88. The second-order valence-corrected chi connectivity index (χ2v) is 7.91. The average Bonchev–Trinajstić information content (AvgIpc) is 3.15. The van der Waals surface area contributed by atoms with E-state index in [-0.39, 0.29) is 0 Å². The number of likely N-dealkylation sites (N-methyl/N-ethyl adjacent to an activating group) is 1. The van der Waals surface area contributed by atoms with Gasteiger partial charge in [-0.05, 0) is 60.3 Å². The first-order valence-electron chi connectivity index (χ1n) is 10.6. The minimum atomic E-state index is 0.566. The molecule has 0 fully saturated rings. The van der Waals surface area contributed by atoms with Crippen molar-refractivity contribution in [3.8, 4) is 0 Å². The van der Waals surface area contributed by atoms with Crippen molar-refractivity contribution in [1.82, 2.24) is 9.47 Å². The van der Waals surface area contributed by atoms with E-state index in [9.17, 15) is 0 Å². The van der Waals surface area contributed by atoms with Gasteiger partial charge in [-0.3, -0.25) is 4.90 Å². The Balaban J connectivity index is 1.63. The summed E-state index contributed by atoms with van der Waals surface area (Å²) in [4.78, 5) is 6.69. The molecule has 158 valence electrons. The van der Waals surface area contributed by atoms with Gasteiger partial charge in [-0.1, -0.05) is 43.0 Å². The predicted octanol–water partition coefficient (Wildman–Crippen LogP) is 4.99. The zero-order valence-corrected chi connectivity index (χ0v) is 18.0. The number of benzene rings is 2. The maximum absolute atomic E-state index is 6.32. The maximum Gasteiger partial charge on any atom is 0.122 e. The van der Waals surface area contributed by atoms with Gasteiger partial charge in [-0.15, -0.1) is 0 Å². The topological polar surface area (TPSA) is 58.6 Å². The second kappa shape index (κ2) is 9.49. The minimum Gasteiger partial charge on any atom is -0.398 e. The number of nitrogens with two attached hydrogens (primary N) is 1. The molecule has 5 nitrogen and oxygen atoms in total. The first-order chi connectivity index (χ1) is 15.1. The van der Waals surface area contributed by atoms with Gasteiger partial charge in [0, 0.05) is 48.9 Å². The molecule has 2 heterocycles. The van der Waals surface area contributed by atoms with E-state index < -0.39 is 0 Å². The third-order valence-corrected chi connectivity index (χ3v) is 5.38. The number of aryl methyl sites for hydroxylation is 1. The molecule has 4 rings (SSSR count). The Labute approximate surface area is 183 Å². The van der Waals surface area contributed by atoms with Gasteiger partial charge in [-0.25, -0.2) is 4.99 Å². The monoisotopic (exact) mass is 411 g/mol. The number of nitrogens with zero attached hydrogens (tertiary/aromatic N) is 3. The van der Waals surface area contributed by atoms with Crippen LogP contribution in [0.4, 0.5) is 5.69 Å². The van der Waals surface area contributed by atoms with Crippen LogP contribution in [-0.2, 0) is 13.1 Å². The fraction of sp³-hybridized carbons (Fsp3) is 0.192. The van der Waals surface area contributed by atoms with Gasteiger partial charge in [0.15, 0.2) is 0 Å². The third kappa shape index (κ3) is 5.32. The number of aliphatic imine (C=N–C) groups is 1. The first-order valence-corrected chi connectivity index (χ1v) is 10.6.